The fourth-order valence-corrected chi connectivity index (χ4v) is 5.25. The summed E-state index contributed by atoms with van der Waals surface area (Å²) in [6, 6.07) is 6.36. The van der Waals surface area contributed by atoms with Gasteiger partial charge < -0.3 is 10.4 Å². The summed E-state index contributed by atoms with van der Waals surface area (Å²) in [5.41, 5.74) is 1.34. The van der Waals surface area contributed by atoms with E-state index in [0.717, 1.165) is 11.1 Å². The zero-order valence-electron chi connectivity index (χ0n) is 17.8. The largest absolute Gasteiger partial charge is 0.476 e. The van der Waals surface area contributed by atoms with Crippen LogP contribution in [0.1, 0.15) is 53.2 Å². The Labute approximate surface area is 188 Å². The molecule has 32 heavy (non-hydrogen) atoms. The maximum atomic E-state index is 14.5. The Balaban J connectivity index is 1.64. The zero-order chi connectivity index (χ0) is 22.9. The van der Waals surface area contributed by atoms with Gasteiger partial charge >= 0.3 is 5.97 Å². The summed E-state index contributed by atoms with van der Waals surface area (Å²) in [6.07, 6.45) is 0.474. The molecule has 3 aromatic rings. The molecule has 3 fully saturated rings. The molecule has 2 aromatic heterocycles. The van der Waals surface area contributed by atoms with Gasteiger partial charge in [-0.25, -0.2) is 19.2 Å². The van der Waals surface area contributed by atoms with Gasteiger partial charge in [-0.15, -0.1) is 0 Å². The molecular formula is C23H22ClFN4O3. The number of halogens is 2. The van der Waals surface area contributed by atoms with E-state index >= 15 is 0 Å². The van der Waals surface area contributed by atoms with Gasteiger partial charge in [-0.2, -0.15) is 0 Å². The minimum absolute atomic E-state index is 0.0764. The van der Waals surface area contributed by atoms with E-state index in [1.807, 2.05) is 19.9 Å². The fraction of sp³-hybridized carbons (Fsp3) is 0.391. The summed E-state index contributed by atoms with van der Waals surface area (Å²) in [4.78, 5) is 33.5. The first-order valence-corrected chi connectivity index (χ1v) is 10.8. The lowest BCUT2D eigenvalue weighted by Gasteiger charge is -2.63. The van der Waals surface area contributed by atoms with E-state index < -0.39 is 23.6 Å². The first kappa shape index (κ1) is 20.9. The first-order valence-electron chi connectivity index (χ1n) is 10.4. The number of aromatic carboxylic acids is 1. The van der Waals surface area contributed by atoms with Crippen molar-refractivity contribution in [3.8, 4) is 0 Å². The van der Waals surface area contributed by atoms with Gasteiger partial charge in [0.2, 0.25) is 0 Å². The Morgan fingerprint density at radius 3 is 2.66 bits per heavy atom. The lowest BCUT2D eigenvalue weighted by molar-refractivity contribution is -0.142. The molecule has 2 heterocycles. The van der Waals surface area contributed by atoms with Crippen molar-refractivity contribution in [1.82, 2.24) is 14.5 Å². The van der Waals surface area contributed by atoms with E-state index in [1.165, 1.54) is 10.6 Å². The van der Waals surface area contributed by atoms with E-state index in [1.54, 1.807) is 19.2 Å². The molecule has 2 bridgehead atoms. The number of nitrogens with one attached hydrogen (secondary N) is 1. The summed E-state index contributed by atoms with van der Waals surface area (Å²) >= 11 is 5.86. The number of pyridine rings is 1. The molecule has 3 saturated carbocycles. The molecule has 1 aromatic carbocycles. The molecule has 166 valence electrons. The molecule has 9 heteroatoms. The van der Waals surface area contributed by atoms with Gasteiger partial charge in [-0.3, -0.25) is 9.36 Å². The third-order valence-electron chi connectivity index (χ3n) is 6.90. The molecule has 6 rings (SSSR count). The summed E-state index contributed by atoms with van der Waals surface area (Å²) in [7, 11) is 1.65. The number of alkyl halides is 1. The van der Waals surface area contributed by atoms with Crippen molar-refractivity contribution in [3.63, 3.8) is 0 Å². The Hall–Kier alpha value is -3.00. The van der Waals surface area contributed by atoms with Gasteiger partial charge in [0, 0.05) is 12.6 Å². The summed E-state index contributed by atoms with van der Waals surface area (Å²) in [5.74, 6) is -0.641. The van der Waals surface area contributed by atoms with Crippen LogP contribution < -0.4 is 10.9 Å². The van der Waals surface area contributed by atoms with E-state index in [-0.39, 0.29) is 22.3 Å². The third kappa shape index (κ3) is 2.85. The average Bonchev–Trinajstić information content (AvgIpc) is 2.71. The van der Waals surface area contributed by atoms with Crippen LogP contribution in [-0.2, 0) is 12.5 Å². The molecule has 0 saturated heterocycles. The fourth-order valence-electron chi connectivity index (χ4n) is 5.10. The maximum absolute atomic E-state index is 14.5. The molecule has 3 aliphatic carbocycles. The highest BCUT2D eigenvalue weighted by Crippen LogP contribution is 2.66. The normalized spacial score (nSPS) is 24.5. The van der Waals surface area contributed by atoms with Crippen LogP contribution in [0.15, 0.2) is 29.1 Å². The predicted octanol–water partition coefficient (Wildman–Crippen LogP) is 4.16. The number of carboxylic acids is 1. The Morgan fingerprint density at radius 2 is 2.06 bits per heavy atom. The van der Waals surface area contributed by atoms with Crippen LogP contribution in [0.3, 0.4) is 0 Å². The van der Waals surface area contributed by atoms with E-state index in [4.69, 9.17) is 16.6 Å². The number of hydrogen-bond acceptors (Lipinski definition) is 5. The van der Waals surface area contributed by atoms with Gasteiger partial charge in [0.25, 0.3) is 5.56 Å². The van der Waals surface area contributed by atoms with Crippen molar-refractivity contribution >= 4 is 34.2 Å². The smallest absolute Gasteiger partial charge is 0.356 e. The Morgan fingerprint density at radius 1 is 1.34 bits per heavy atom. The van der Waals surface area contributed by atoms with Crippen molar-refractivity contribution in [1.29, 1.82) is 0 Å². The van der Waals surface area contributed by atoms with Crippen LogP contribution in [0, 0.1) is 12.8 Å². The third-order valence-corrected chi connectivity index (χ3v) is 7.11. The van der Waals surface area contributed by atoms with Crippen LogP contribution in [0.2, 0.25) is 5.15 Å². The second kappa shape index (κ2) is 7.00. The molecule has 0 spiro atoms. The monoisotopic (exact) mass is 456 g/mol. The molecule has 3 aliphatic rings. The Kier molecular flexibility index (Phi) is 4.57. The second-order valence-electron chi connectivity index (χ2n) is 8.98. The van der Waals surface area contributed by atoms with Crippen LogP contribution >= 0.6 is 11.6 Å². The second-order valence-corrected chi connectivity index (χ2v) is 9.36. The van der Waals surface area contributed by atoms with Crippen LogP contribution in [-0.4, -0.2) is 31.8 Å². The number of nitrogens with zero attached hydrogens (tertiary/aromatic N) is 3. The van der Waals surface area contributed by atoms with E-state index in [9.17, 15) is 19.1 Å². The molecule has 2 N–H and O–H groups in total. The predicted molar refractivity (Wildman–Crippen MR) is 119 cm³/mol. The molecule has 0 amide bonds. The number of carbonyl (C=O) groups is 1. The highest BCUT2D eigenvalue weighted by molar-refractivity contribution is 6.29. The molecular weight excluding hydrogens is 435 g/mol. The van der Waals surface area contributed by atoms with Crippen LogP contribution in [0.5, 0.6) is 0 Å². The van der Waals surface area contributed by atoms with Gasteiger partial charge in [0.1, 0.15) is 17.1 Å². The Bertz CT molecular complexity index is 1350. The molecule has 1 unspecified atom stereocenters. The number of anilines is 1. The van der Waals surface area contributed by atoms with Crippen molar-refractivity contribution in [3.05, 3.63) is 62.4 Å². The summed E-state index contributed by atoms with van der Waals surface area (Å²) < 4.78 is 16.0. The van der Waals surface area contributed by atoms with Crippen molar-refractivity contribution in [2.24, 2.45) is 13.0 Å². The van der Waals surface area contributed by atoms with E-state index in [2.05, 4.69) is 10.3 Å². The minimum atomic E-state index is -1.21. The van der Waals surface area contributed by atoms with Crippen molar-refractivity contribution in [2.45, 2.75) is 44.3 Å². The average molecular weight is 457 g/mol. The molecule has 0 aliphatic heterocycles. The minimum Gasteiger partial charge on any atom is -0.476 e. The summed E-state index contributed by atoms with van der Waals surface area (Å²) in [5, 5.41) is 13.2. The zero-order valence-corrected chi connectivity index (χ0v) is 18.6. The van der Waals surface area contributed by atoms with Gasteiger partial charge in [-0.1, -0.05) is 17.7 Å². The molecule has 0 radical (unpaired) electrons. The van der Waals surface area contributed by atoms with Crippen LogP contribution in [0.25, 0.3) is 10.9 Å². The van der Waals surface area contributed by atoms with Crippen LogP contribution in [0.4, 0.5) is 10.1 Å². The van der Waals surface area contributed by atoms with E-state index in [0.29, 0.717) is 35.3 Å². The number of fused-ring (bicyclic) bond motifs is 1. The van der Waals surface area contributed by atoms with Crippen molar-refractivity contribution < 1.29 is 14.3 Å². The number of aromatic nitrogens is 3. The molecule has 2 atom stereocenters. The quantitative estimate of drug-likeness (QED) is 0.559. The lowest BCUT2D eigenvalue weighted by atomic mass is 9.42. The highest BCUT2D eigenvalue weighted by atomic mass is 35.5. The molecule has 7 nitrogen and oxygen atoms in total. The SMILES string of the molecule is Cc1cc([C@@H](C)Nc2ccc(Cl)nc2C(=O)O)c2nc(C34CC(C3)C4F)n(C)c(=O)c2c1. The maximum Gasteiger partial charge on any atom is 0.356 e. The topological polar surface area (TPSA) is 97.1 Å². The summed E-state index contributed by atoms with van der Waals surface area (Å²) in [6.45, 7) is 3.74. The number of rotatable bonds is 5. The number of hydrogen-bond donors (Lipinski definition) is 2. The standard InChI is InChI=1S/C23H22ClFN4O3/c1-10-6-13(11(2)26-15-4-5-16(24)27-18(15)21(31)32)17-14(7-10)20(30)29(3)22(28-17)23-8-12(9-23)19(23)25/h4-7,11-12,19,26H,8-9H2,1-3H3,(H,31,32)/t11-,12?,19?,23?/m1/s1. The highest BCUT2D eigenvalue weighted by Gasteiger charge is 2.69. The van der Waals surface area contributed by atoms with Gasteiger partial charge in [0.05, 0.1) is 28.0 Å². The lowest BCUT2D eigenvalue weighted by Crippen LogP contribution is -2.68. The number of aryl methyl sites for hydroxylation is 1. The van der Waals surface area contributed by atoms with Gasteiger partial charge in [-0.05, 0) is 56.4 Å². The van der Waals surface area contributed by atoms with Crippen molar-refractivity contribution in [2.75, 3.05) is 5.32 Å². The van der Waals surface area contributed by atoms with Gasteiger partial charge in [0.15, 0.2) is 5.69 Å². The number of carboxylic acid groups (broad SMARTS) is 1. The first-order chi connectivity index (χ1) is 15.1. The number of benzene rings is 1.